The molecule has 2 aliphatic rings. The molecule has 13 rings (SSSR count). The molecule has 0 radical (unpaired) electrons. The number of aromatic nitrogens is 3. The summed E-state index contributed by atoms with van der Waals surface area (Å²) in [6.07, 6.45) is 0. The van der Waals surface area contributed by atoms with Crippen LogP contribution in [-0.2, 0) is 0 Å². The van der Waals surface area contributed by atoms with Gasteiger partial charge in [-0.25, -0.2) is 9.97 Å². The van der Waals surface area contributed by atoms with Crippen LogP contribution in [0.5, 0.6) is 11.5 Å². The van der Waals surface area contributed by atoms with Crippen molar-refractivity contribution in [3.05, 3.63) is 182 Å². The monoisotopic (exact) mass is 774 g/mol. The number of fused-ring (bicyclic) bond motifs is 10. The van der Waals surface area contributed by atoms with Gasteiger partial charge in [0.05, 0.1) is 22.4 Å². The van der Waals surface area contributed by atoms with Gasteiger partial charge in [-0.1, -0.05) is 121 Å². The van der Waals surface area contributed by atoms with Gasteiger partial charge in [0, 0.05) is 42.8 Å². The van der Waals surface area contributed by atoms with E-state index in [4.69, 9.17) is 19.1 Å². The maximum Gasteiger partial charge on any atom is 0.180 e. The fraction of sp³-hybridized carbons (Fsp3) is 0. The lowest BCUT2D eigenvalue weighted by Crippen LogP contribution is -2.19. The summed E-state index contributed by atoms with van der Waals surface area (Å²) >= 11 is 1.80. The minimum Gasteiger partial charge on any atom is -0.453 e. The molecule has 0 saturated heterocycles. The predicted molar refractivity (Wildman–Crippen MR) is 239 cm³/mol. The third-order valence-electron chi connectivity index (χ3n) is 11.6. The van der Waals surface area contributed by atoms with Crippen molar-refractivity contribution in [2.24, 2.45) is 0 Å². The van der Waals surface area contributed by atoms with E-state index < -0.39 is 0 Å². The lowest BCUT2D eigenvalue weighted by molar-refractivity contribution is 0.475. The molecule has 0 amide bonds. The molecule has 0 bridgehead atoms. The molecule has 59 heavy (non-hydrogen) atoms. The van der Waals surface area contributed by atoms with Gasteiger partial charge in [-0.2, -0.15) is 0 Å². The summed E-state index contributed by atoms with van der Waals surface area (Å²) in [5.74, 6) is 2.37. The van der Waals surface area contributed by atoms with Gasteiger partial charge in [-0.05, 0) is 83.9 Å². The van der Waals surface area contributed by atoms with Gasteiger partial charge >= 0.3 is 0 Å². The van der Waals surface area contributed by atoms with Crippen LogP contribution >= 0.6 is 11.8 Å². The van der Waals surface area contributed by atoms with E-state index in [0.29, 0.717) is 11.4 Å². The number of hydrogen-bond donors (Lipinski definition) is 0. The molecule has 6 nitrogen and oxygen atoms in total. The first kappa shape index (κ1) is 32.5. The van der Waals surface area contributed by atoms with Gasteiger partial charge < -0.3 is 18.6 Å². The molecule has 0 saturated carbocycles. The lowest BCUT2D eigenvalue weighted by Gasteiger charge is -2.38. The van der Waals surface area contributed by atoms with E-state index in [0.717, 1.165) is 84.0 Å². The Balaban J connectivity index is 0.980. The van der Waals surface area contributed by atoms with Gasteiger partial charge in [-0.15, -0.1) is 0 Å². The number of nitrogens with zero attached hydrogens (tertiary/aromatic N) is 4. The first-order valence-electron chi connectivity index (χ1n) is 19.6. The van der Waals surface area contributed by atoms with E-state index in [9.17, 15) is 0 Å². The largest absolute Gasteiger partial charge is 0.453 e. The molecule has 0 unspecified atom stereocenters. The quantitative estimate of drug-likeness (QED) is 0.177. The van der Waals surface area contributed by atoms with Crippen LogP contribution in [0.3, 0.4) is 0 Å². The number of furan rings is 1. The topological polar surface area (TPSA) is 56.3 Å². The smallest absolute Gasteiger partial charge is 0.180 e. The summed E-state index contributed by atoms with van der Waals surface area (Å²) in [6, 6.07) is 63.7. The molecule has 0 aliphatic carbocycles. The third kappa shape index (κ3) is 4.89. The van der Waals surface area contributed by atoms with Crippen molar-refractivity contribution in [2.45, 2.75) is 9.79 Å². The zero-order chi connectivity index (χ0) is 38.6. The highest BCUT2D eigenvalue weighted by atomic mass is 32.2. The van der Waals surface area contributed by atoms with Gasteiger partial charge in [0.2, 0.25) is 0 Å². The summed E-state index contributed by atoms with van der Waals surface area (Å²) < 4.78 is 15.6. The number of hydrogen-bond acceptors (Lipinski definition) is 6. The Kier molecular flexibility index (Phi) is 6.85. The fourth-order valence-electron chi connectivity index (χ4n) is 8.90. The highest BCUT2D eigenvalue weighted by molar-refractivity contribution is 7.99. The highest BCUT2D eigenvalue weighted by Gasteiger charge is 2.34. The standard InChI is InChI=1S/C52H30N4O2S/c1-3-13-31(14-4-1)48-51-49(54-52(53-48)32-15-5-2-6-16-32)38-30-35(24-26-43(38)58-51)55-39-18-8-7-17-36(39)37-27-33(23-25-40(37)55)34-28-45-50-47(29-34)59-46-22-12-10-20-42(46)56(50)41-19-9-11-21-44(41)57-45/h1-30H. The van der Waals surface area contributed by atoms with Crippen molar-refractivity contribution in [1.82, 2.24) is 14.5 Å². The number of rotatable bonds is 4. The normalized spacial score (nSPS) is 12.8. The summed E-state index contributed by atoms with van der Waals surface area (Å²) in [6.45, 7) is 0. The highest BCUT2D eigenvalue weighted by Crippen LogP contribution is 2.60. The molecule has 276 valence electrons. The Morgan fingerprint density at radius 1 is 0.475 bits per heavy atom. The Bertz CT molecular complexity index is 3450. The molecule has 0 N–H and O–H groups in total. The van der Waals surface area contributed by atoms with Crippen molar-refractivity contribution in [1.29, 1.82) is 0 Å². The molecule has 0 spiro atoms. The fourth-order valence-corrected chi connectivity index (χ4v) is 10.0. The van der Waals surface area contributed by atoms with E-state index >= 15 is 0 Å². The zero-order valence-electron chi connectivity index (χ0n) is 31.3. The number of para-hydroxylation sites is 4. The van der Waals surface area contributed by atoms with Crippen molar-refractivity contribution < 1.29 is 9.15 Å². The summed E-state index contributed by atoms with van der Waals surface area (Å²) in [5.41, 5.74) is 13.8. The van der Waals surface area contributed by atoms with E-state index in [-0.39, 0.29) is 0 Å². The van der Waals surface area contributed by atoms with Crippen LogP contribution in [0.2, 0.25) is 0 Å². The molecule has 3 aromatic heterocycles. The SMILES string of the molecule is c1ccc(-c2nc(-c3ccccc3)c3oc4ccc(-n5c6ccccc6c6cc(-c7cc8c9c(c7)Sc7ccccc7N9c7ccccc7O8)ccc65)cc4c3n2)cc1. The second kappa shape index (κ2) is 12.4. The van der Waals surface area contributed by atoms with Crippen LogP contribution in [0, 0.1) is 0 Å². The summed E-state index contributed by atoms with van der Waals surface area (Å²) in [7, 11) is 0. The Labute approximate surface area is 342 Å². The van der Waals surface area contributed by atoms with E-state index in [1.165, 1.54) is 26.3 Å². The third-order valence-corrected chi connectivity index (χ3v) is 12.7. The van der Waals surface area contributed by atoms with E-state index in [1.54, 1.807) is 11.8 Å². The molecule has 5 heterocycles. The number of anilines is 3. The van der Waals surface area contributed by atoms with Gasteiger partial charge in [-0.3, -0.25) is 0 Å². The Morgan fingerprint density at radius 2 is 1.22 bits per heavy atom. The lowest BCUT2D eigenvalue weighted by atomic mass is 10.0. The first-order valence-corrected chi connectivity index (χ1v) is 20.5. The van der Waals surface area contributed by atoms with Crippen molar-refractivity contribution in [2.75, 3.05) is 4.90 Å². The number of benzene rings is 8. The van der Waals surface area contributed by atoms with Crippen LogP contribution in [0.4, 0.5) is 17.1 Å². The molecular weight excluding hydrogens is 745 g/mol. The van der Waals surface area contributed by atoms with Crippen LogP contribution in [0.25, 0.3) is 83.3 Å². The minimum atomic E-state index is 0.663. The van der Waals surface area contributed by atoms with Crippen molar-refractivity contribution in [3.8, 4) is 51.0 Å². The molecule has 8 aromatic carbocycles. The predicted octanol–water partition coefficient (Wildman–Crippen LogP) is 14.5. The van der Waals surface area contributed by atoms with Crippen molar-refractivity contribution in [3.63, 3.8) is 0 Å². The molecular formula is C52H30N4O2S. The molecule has 11 aromatic rings. The number of ether oxygens (including phenoxy) is 1. The van der Waals surface area contributed by atoms with E-state index in [1.807, 2.05) is 42.5 Å². The van der Waals surface area contributed by atoms with Crippen molar-refractivity contribution >= 4 is 72.7 Å². The van der Waals surface area contributed by atoms with Crippen LogP contribution in [-0.4, -0.2) is 14.5 Å². The van der Waals surface area contributed by atoms with Gasteiger partial charge in [0.1, 0.15) is 22.5 Å². The molecule has 0 atom stereocenters. The molecule has 2 aliphatic heterocycles. The first-order chi connectivity index (χ1) is 29.2. The second-order valence-electron chi connectivity index (χ2n) is 15.0. The van der Waals surface area contributed by atoms with Crippen LogP contribution < -0.4 is 9.64 Å². The van der Waals surface area contributed by atoms with Gasteiger partial charge in [0.25, 0.3) is 0 Å². The molecule has 0 fully saturated rings. The average Bonchev–Trinajstić information content (AvgIpc) is 3.84. The van der Waals surface area contributed by atoms with Crippen LogP contribution in [0.15, 0.2) is 196 Å². The van der Waals surface area contributed by atoms with E-state index in [2.05, 4.69) is 149 Å². The zero-order valence-corrected chi connectivity index (χ0v) is 32.2. The Morgan fingerprint density at radius 3 is 2.10 bits per heavy atom. The Hall–Kier alpha value is -7.61. The average molecular weight is 775 g/mol. The minimum absolute atomic E-state index is 0.663. The molecule has 7 heteroatoms. The summed E-state index contributed by atoms with van der Waals surface area (Å²) in [5, 5.41) is 3.29. The van der Waals surface area contributed by atoms with Gasteiger partial charge in [0.15, 0.2) is 22.9 Å². The maximum absolute atomic E-state index is 6.67. The maximum atomic E-state index is 6.67. The second-order valence-corrected chi connectivity index (χ2v) is 16.1. The van der Waals surface area contributed by atoms with Crippen LogP contribution in [0.1, 0.15) is 0 Å². The summed E-state index contributed by atoms with van der Waals surface area (Å²) in [4.78, 5) is 15.0.